The van der Waals surface area contributed by atoms with Crippen LogP contribution in [0, 0.1) is 57.2 Å². The van der Waals surface area contributed by atoms with Crippen molar-refractivity contribution in [1.82, 2.24) is 0 Å². The molecule has 6 saturated carbocycles. The summed E-state index contributed by atoms with van der Waals surface area (Å²) in [5.41, 5.74) is 2.93. The van der Waals surface area contributed by atoms with Crippen molar-refractivity contribution in [1.29, 1.82) is 0 Å². The smallest absolute Gasteiger partial charge is 0.155 e. The van der Waals surface area contributed by atoms with Crippen LogP contribution >= 0.6 is 0 Å². The Hall–Kier alpha value is -1.30. The molecule has 0 aromatic heterocycles. The standard InChI is InChI=1S/C19H28O3.C19H28O2/c1-18-7-5-11(20)9-15(18)16(21)10-12-13-3-4-17(22)19(13,2)8-6-14(12)18;1-18-9-7-13(20)11-12(18)3-4-14-15-5-6-17(21)19(15,2)10-8-16(14)18/h9,12-14,16-17,21-22H,3-8,10H2,1-2H3;11,14-17,21H,3-10H2,1-2H3/t12?,13?,14?,16?,17-,18+,19-;14?,15?,16?,17-,18-,19-/m00/s1. The van der Waals surface area contributed by atoms with Crippen molar-refractivity contribution in [2.75, 3.05) is 0 Å². The van der Waals surface area contributed by atoms with Crippen molar-refractivity contribution in [2.45, 2.75) is 142 Å². The Balaban J connectivity index is 0.000000140. The van der Waals surface area contributed by atoms with Crippen LogP contribution < -0.4 is 0 Å². The number of hydrogen-bond donors (Lipinski definition) is 3. The van der Waals surface area contributed by atoms with Gasteiger partial charge >= 0.3 is 0 Å². The topological polar surface area (TPSA) is 94.8 Å². The second kappa shape index (κ2) is 10.4. The van der Waals surface area contributed by atoms with Gasteiger partial charge in [0.05, 0.1) is 18.3 Å². The molecule has 0 aliphatic heterocycles. The van der Waals surface area contributed by atoms with Gasteiger partial charge in [-0.05, 0) is 158 Å². The molecule has 8 aliphatic rings. The first-order valence-electron chi connectivity index (χ1n) is 17.8. The molecule has 13 atom stereocenters. The maximum absolute atomic E-state index is 11.8. The van der Waals surface area contributed by atoms with Crippen LogP contribution in [0.1, 0.15) is 124 Å². The Labute approximate surface area is 259 Å². The Bertz CT molecular complexity index is 1230. The van der Waals surface area contributed by atoms with Crippen LogP contribution in [0.25, 0.3) is 0 Å². The lowest BCUT2D eigenvalue weighted by molar-refractivity contribution is -0.120. The van der Waals surface area contributed by atoms with E-state index in [0.29, 0.717) is 35.9 Å². The average Bonchev–Trinajstić information content (AvgIpc) is 3.45. The normalized spacial score (nSPS) is 53.5. The maximum atomic E-state index is 11.8. The van der Waals surface area contributed by atoms with Gasteiger partial charge in [-0.25, -0.2) is 0 Å². The molecule has 8 aliphatic carbocycles. The molecule has 0 spiro atoms. The molecule has 5 nitrogen and oxygen atoms in total. The van der Waals surface area contributed by atoms with Gasteiger partial charge in [0.2, 0.25) is 0 Å². The summed E-state index contributed by atoms with van der Waals surface area (Å²) < 4.78 is 0. The van der Waals surface area contributed by atoms with E-state index in [1.165, 1.54) is 31.3 Å². The largest absolute Gasteiger partial charge is 0.393 e. The number of ketones is 2. The van der Waals surface area contributed by atoms with Crippen LogP contribution in [-0.2, 0) is 9.59 Å². The Morgan fingerprint density at radius 2 is 1.12 bits per heavy atom. The van der Waals surface area contributed by atoms with Crippen LogP contribution in [0.2, 0.25) is 0 Å². The van der Waals surface area contributed by atoms with Crippen LogP contribution in [0.3, 0.4) is 0 Å². The van der Waals surface area contributed by atoms with Crippen molar-refractivity contribution in [3.63, 3.8) is 0 Å². The third kappa shape index (κ3) is 4.40. The molecular weight excluding hydrogens is 536 g/mol. The van der Waals surface area contributed by atoms with Gasteiger partial charge in [-0.15, -0.1) is 0 Å². The van der Waals surface area contributed by atoms with E-state index in [4.69, 9.17) is 0 Å². The van der Waals surface area contributed by atoms with E-state index < -0.39 is 6.10 Å². The molecule has 0 aromatic rings. The molecule has 0 aromatic carbocycles. The van der Waals surface area contributed by atoms with Gasteiger partial charge in [0.15, 0.2) is 11.6 Å². The van der Waals surface area contributed by atoms with Gasteiger partial charge in [-0.3, -0.25) is 9.59 Å². The molecule has 0 radical (unpaired) electrons. The molecule has 0 amide bonds. The summed E-state index contributed by atoms with van der Waals surface area (Å²) in [6.07, 6.45) is 18.4. The Morgan fingerprint density at radius 3 is 1.74 bits per heavy atom. The second-order valence-electron chi connectivity index (χ2n) is 17.4. The zero-order chi connectivity index (χ0) is 30.5. The highest BCUT2D eigenvalue weighted by Gasteiger charge is 2.61. The SMILES string of the molecule is C[C@]12CCC(=O)C=C1C(O)CC1C2CC[C@@]2(C)C1CC[C@@H]2O.C[C@]12CCC(=O)C=C1CCC1C2CC[C@@]2(C)C1CC[C@@H]2O. The monoisotopic (exact) mass is 592 g/mol. The van der Waals surface area contributed by atoms with Gasteiger partial charge in [-0.1, -0.05) is 33.3 Å². The first kappa shape index (κ1) is 30.4. The van der Waals surface area contributed by atoms with Crippen molar-refractivity contribution in [3.05, 3.63) is 23.3 Å². The molecule has 6 fully saturated rings. The van der Waals surface area contributed by atoms with Crippen LogP contribution in [0.15, 0.2) is 23.3 Å². The van der Waals surface area contributed by atoms with E-state index in [1.807, 2.05) is 6.08 Å². The number of carbonyl (C=O) groups excluding carboxylic acids is 2. The Morgan fingerprint density at radius 1 is 0.581 bits per heavy atom. The fourth-order valence-electron chi connectivity index (χ4n) is 13.1. The van der Waals surface area contributed by atoms with Gasteiger partial charge in [0.1, 0.15) is 0 Å². The number of aliphatic hydroxyl groups is 3. The molecule has 0 bridgehead atoms. The Kier molecular flexibility index (Phi) is 7.31. The summed E-state index contributed by atoms with van der Waals surface area (Å²) in [6, 6.07) is 0. The van der Waals surface area contributed by atoms with Crippen LogP contribution in [-0.4, -0.2) is 45.2 Å². The van der Waals surface area contributed by atoms with Gasteiger partial charge in [0, 0.05) is 12.8 Å². The highest BCUT2D eigenvalue weighted by Crippen LogP contribution is 2.66. The summed E-state index contributed by atoms with van der Waals surface area (Å²) in [6.45, 7) is 9.30. The molecule has 0 saturated heterocycles. The summed E-state index contributed by atoms with van der Waals surface area (Å²) in [5, 5.41) is 31.6. The van der Waals surface area contributed by atoms with Gasteiger partial charge in [-0.2, -0.15) is 0 Å². The summed E-state index contributed by atoms with van der Waals surface area (Å²) in [7, 11) is 0. The van der Waals surface area contributed by atoms with Crippen molar-refractivity contribution in [3.8, 4) is 0 Å². The number of rotatable bonds is 0. The minimum Gasteiger partial charge on any atom is -0.393 e. The highest BCUT2D eigenvalue weighted by atomic mass is 16.3. The van der Waals surface area contributed by atoms with E-state index in [-0.39, 0.29) is 39.7 Å². The predicted octanol–water partition coefficient (Wildman–Crippen LogP) is 6.73. The maximum Gasteiger partial charge on any atom is 0.155 e. The van der Waals surface area contributed by atoms with E-state index in [2.05, 4.69) is 27.7 Å². The predicted molar refractivity (Wildman–Crippen MR) is 167 cm³/mol. The highest BCUT2D eigenvalue weighted by molar-refractivity contribution is 5.92. The van der Waals surface area contributed by atoms with Crippen molar-refractivity contribution < 1.29 is 24.9 Å². The molecule has 238 valence electrons. The van der Waals surface area contributed by atoms with Crippen LogP contribution in [0.5, 0.6) is 0 Å². The van der Waals surface area contributed by atoms with Crippen molar-refractivity contribution >= 4 is 11.6 Å². The summed E-state index contributed by atoms with van der Waals surface area (Å²) in [5.74, 6) is 4.36. The number of fused-ring (bicyclic) bond motifs is 10. The van der Waals surface area contributed by atoms with E-state index in [9.17, 15) is 24.9 Å². The third-order valence-corrected chi connectivity index (χ3v) is 15.8. The van der Waals surface area contributed by atoms with E-state index in [0.717, 1.165) is 81.6 Å². The molecular formula is C38H56O5. The molecule has 5 heteroatoms. The number of carbonyl (C=O) groups is 2. The fraction of sp³-hybridized carbons (Fsp3) is 0.842. The molecule has 7 unspecified atom stereocenters. The van der Waals surface area contributed by atoms with Crippen molar-refractivity contribution in [2.24, 2.45) is 57.2 Å². The average molecular weight is 593 g/mol. The minimum absolute atomic E-state index is 0.00881. The molecule has 0 heterocycles. The molecule has 43 heavy (non-hydrogen) atoms. The zero-order valence-corrected chi connectivity index (χ0v) is 27.1. The number of aliphatic hydroxyl groups excluding tert-OH is 3. The first-order chi connectivity index (χ1) is 20.3. The quantitative estimate of drug-likeness (QED) is 0.290. The zero-order valence-electron chi connectivity index (χ0n) is 27.1. The lowest BCUT2D eigenvalue weighted by Crippen LogP contribution is -2.54. The second-order valence-corrected chi connectivity index (χ2v) is 17.4. The lowest BCUT2D eigenvalue weighted by atomic mass is 9.47. The third-order valence-electron chi connectivity index (χ3n) is 15.8. The van der Waals surface area contributed by atoms with E-state index in [1.54, 1.807) is 6.08 Å². The van der Waals surface area contributed by atoms with Gasteiger partial charge in [0.25, 0.3) is 0 Å². The van der Waals surface area contributed by atoms with Gasteiger partial charge < -0.3 is 15.3 Å². The minimum atomic E-state index is -0.462. The molecule has 3 N–H and O–H groups in total. The fourth-order valence-corrected chi connectivity index (χ4v) is 13.1. The number of allylic oxidation sites excluding steroid dienone is 1. The lowest BCUT2D eigenvalue weighted by Gasteiger charge is -2.58. The van der Waals surface area contributed by atoms with Crippen LogP contribution in [0.4, 0.5) is 0 Å². The number of hydrogen-bond acceptors (Lipinski definition) is 5. The van der Waals surface area contributed by atoms with E-state index >= 15 is 0 Å². The molecule has 8 rings (SSSR count). The summed E-state index contributed by atoms with van der Waals surface area (Å²) >= 11 is 0. The summed E-state index contributed by atoms with van der Waals surface area (Å²) in [4.78, 5) is 23.6. The first-order valence-corrected chi connectivity index (χ1v) is 17.8.